The predicted octanol–water partition coefficient (Wildman–Crippen LogP) is 2.44. The number of benzene rings is 1. The SMILES string of the molecule is COC(=O)C(=O)Nc1cccc([N+](=O)[O-])c1OC(=O)CCC(C)(C)C. The minimum atomic E-state index is -1.18. The van der Waals surface area contributed by atoms with Crippen molar-refractivity contribution in [2.75, 3.05) is 12.4 Å². The van der Waals surface area contributed by atoms with Crippen LogP contribution in [0.15, 0.2) is 18.2 Å². The van der Waals surface area contributed by atoms with Gasteiger partial charge in [0.2, 0.25) is 5.75 Å². The molecular formula is C16H20N2O7. The largest absolute Gasteiger partial charge is 0.462 e. The third kappa shape index (κ3) is 6.21. The van der Waals surface area contributed by atoms with Gasteiger partial charge in [0.1, 0.15) is 0 Å². The summed E-state index contributed by atoms with van der Waals surface area (Å²) in [4.78, 5) is 45.3. The zero-order valence-electron chi connectivity index (χ0n) is 14.5. The summed E-state index contributed by atoms with van der Waals surface area (Å²) in [5, 5.41) is 13.3. The van der Waals surface area contributed by atoms with Crippen LogP contribution < -0.4 is 10.1 Å². The van der Waals surface area contributed by atoms with Crippen molar-refractivity contribution in [2.45, 2.75) is 33.6 Å². The summed E-state index contributed by atoms with van der Waals surface area (Å²) in [5.74, 6) is -3.44. The van der Waals surface area contributed by atoms with E-state index in [-0.39, 0.29) is 17.5 Å². The number of esters is 2. The summed E-state index contributed by atoms with van der Waals surface area (Å²) in [7, 11) is 1.02. The number of carbonyl (C=O) groups excluding carboxylic acids is 3. The first kappa shape index (κ1) is 20.1. The van der Waals surface area contributed by atoms with E-state index in [4.69, 9.17) is 4.74 Å². The first-order valence-corrected chi connectivity index (χ1v) is 7.42. The molecular weight excluding hydrogens is 332 g/mol. The van der Waals surface area contributed by atoms with Gasteiger partial charge < -0.3 is 14.8 Å². The molecule has 0 unspecified atom stereocenters. The molecule has 9 nitrogen and oxygen atoms in total. The first-order chi connectivity index (χ1) is 11.5. The Kier molecular flexibility index (Phi) is 6.60. The highest BCUT2D eigenvalue weighted by Crippen LogP contribution is 2.35. The van der Waals surface area contributed by atoms with Crippen molar-refractivity contribution in [3.05, 3.63) is 28.3 Å². The highest BCUT2D eigenvalue weighted by atomic mass is 16.6. The van der Waals surface area contributed by atoms with Crippen LogP contribution in [0, 0.1) is 15.5 Å². The van der Waals surface area contributed by atoms with E-state index in [1.165, 1.54) is 12.1 Å². The number of carbonyl (C=O) groups is 3. The monoisotopic (exact) mass is 352 g/mol. The topological polar surface area (TPSA) is 125 Å². The van der Waals surface area contributed by atoms with Crippen LogP contribution in [0.4, 0.5) is 11.4 Å². The quantitative estimate of drug-likeness (QED) is 0.284. The van der Waals surface area contributed by atoms with Gasteiger partial charge in [0.25, 0.3) is 0 Å². The van der Waals surface area contributed by atoms with Crippen molar-refractivity contribution in [2.24, 2.45) is 5.41 Å². The summed E-state index contributed by atoms with van der Waals surface area (Å²) in [6, 6.07) is 3.69. The molecule has 0 spiro atoms. The normalized spacial score (nSPS) is 10.7. The Bertz CT molecular complexity index is 692. The molecule has 1 amide bonds. The number of nitro benzene ring substituents is 1. The van der Waals surface area contributed by atoms with Gasteiger partial charge in [0.05, 0.1) is 17.7 Å². The van der Waals surface area contributed by atoms with Gasteiger partial charge in [-0.1, -0.05) is 26.8 Å². The van der Waals surface area contributed by atoms with Crippen molar-refractivity contribution >= 4 is 29.2 Å². The van der Waals surface area contributed by atoms with Gasteiger partial charge in [-0.25, -0.2) is 4.79 Å². The van der Waals surface area contributed by atoms with Gasteiger partial charge in [-0.2, -0.15) is 0 Å². The highest BCUT2D eigenvalue weighted by Gasteiger charge is 2.25. The lowest BCUT2D eigenvalue weighted by atomic mass is 9.91. The maximum Gasteiger partial charge on any atom is 0.396 e. The third-order valence-corrected chi connectivity index (χ3v) is 3.10. The molecule has 0 atom stereocenters. The molecule has 1 aromatic rings. The summed E-state index contributed by atoms with van der Waals surface area (Å²) < 4.78 is 9.37. The lowest BCUT2D eigenvalue weighted by molar-refractivity contribution is -0.385. The number of rotatable bonds is 5. The van der Waals surface area contributed by atoms with Crippen LogP contribution in [-0.4, -0.2) is 29.9 Å². The highest BCUT2D eigenvalue weighted by molar-refractivity contribution is 6.37. The maximum absolute atomic E-state index is 12.0. The zero-order chi connectivity index (χ0) is 19.2. The number of hydrogen-bond acceptors (Lipinski definition) is 7. The Balaban J connectivity index is 3.09. The number of nitrogens with zero attached hydrogens (tertiary/aromatic N) is 1. The number of methoxy groups -OCH3 is 1. The molecule has 25 heavy (non-hydrogen) atoms. The maximum atomic E-state index is 12.0. The Morgan fingerprint density at radius 3 is 2.40 bits per heavy atom. The molecule has 0 aliphatic carbocycles. The number of nitro groups is 1. The van der Waals surface area contributed by atoms with E-state index in [0.29, 0.717) is 6.42 Å². The Morgan fingerprint density at radius 1 is 1.24 bits per heavy atom. The van der Waals surface area contributed by atoms with E-state index >= 15 is 0 Å². The van der Waals surface area contributed by atoms with Crippen LogP contribution in [0.2, 0.25) is 0 Å². The van der Waals surface area contributed by atoms with Crippen molar-refractivity contribution in [1.82, 2.24) is 0 Å². The van der Waals surface area contributed by atoms with Gasteiger partial charge in [0.15, 0.2) is 0 Å². The van der Waals surface area contributed by atoms with Crippen molar-refractivity contribution in [3.63, 3.8) is 0 Å². The Morgan fingerprint density at radius 2 is 1.88 bits per heavy atom. The second-order valence-electron chi connectivity index (χ2n) is 6.39. The molecule has 9 heteroatoms. The number of anilines is 1. The van der Waals surface area contributed by atoms with Crippen molar-refractivity contribution in [1.29, 1.82) is 0 Å². The Hall–Kier alpha value is -2.97. The molecule has 0 heterocycles. The van der Waals surface area contributed by atoms with Crippen LogP contribution in [0.5, 0.6) is 5.75 Å². The first-order valence-electron chi connectivity index (χ1n) is 7.42. The number of ether oxygens (including phenoxy) is 2. The second-order valence-corrected chi connectivity index (χ2v) is 6.39. The van der Waals surface area contributed by atoms with E-state index in [0.717, 1.165) is 13.2 Å². The summed E-state index contributed by atoms with van der Waals surface area (Å²) >= 11 is 0. The number of amides is 1. The van der Waals surface area contributed by atoms with Crippen molar-refractivity contribution < 1.29 is 28.8 Å². The number of nitrogens with one attached hydrogen (secondary N) is 1. The van der Waals surface area contributed by atoms with E-state index < -0.39 is 34.2 Å². The van der Waals surface area contributed by atoms with Crippen LogP contribution >= 0.6 is 0 Å². The van der Waals surface area contributed by atoms with E-state index in [9.17, 15) is 24.5 Å². The molecule has 0 bridgehead atoms. The van der Waals surface area contributed by atoms with E-state index in [2.05, 4.69) is 10.1 Å². The van der Waals surface area contributed by atoms with Crippen LogP contribution in [0.3, 0.4) is 0 Å². The average molecular weight is 352 g/mol. The summed E-state index contributed by atoms with van der Waals surface area (Å²) in [6.07, 6.45) is 0.552. The molecule has 0 saturated heterocycles. The van der Waals surface area contributed by atoms with Gasteiger partial charge in [-0.3, -0.25) is 19.7 Å². The van der Waals surface area contributed by atoms with Gasteiger partial charge in [-0.05, 0) is 17.9 Å². The third-order valence-electron chi connectivity index (χ3n) is 3.10. The lowest BCUT2D eigenvalue weighted by Gasteiger charge is -2.17. The number of para-hydroxylation sites is 1. The minimum Gasteiger partial charge on any atom is -0.462 e. The average Bonchev–Trinajstić information content (AvgIpc) is 2.52. The molecule has 1 N–H and O–H groups in total. The molecule has 1 rings (SSSR count). The summed E-state index contributed by atoms with van der Waals surface area (Å²) in [6.45, 7) is 5.81. The predicted molar refractivity (Wildman–Crippen MR) is 88.1 cm³/mol. The summed E-state index contributed by atoms with van der Waals surface area (Å²) in [5.41, 5.74) is -0.802. The van der Waals surface area contributed by atoms with E-state index in [1.54, 1.807) is 0 Å². The second kappa shape index (κ2) is 8.22. The standard InChI is InChI=1S/C16H20N2O7/c1-16(2,3)9-8-12(19)25-13-10(17-14(20)15(21)24-4)6-5-7-11(13)18(22)23/h5-7H,8-9H2,1-4H3,(H,17,20). The lowest BCUT2D eigenvalue weighted by Crippen LogP contribution is -2.24. The fourth-order valence-corrected chi connectivity index (χ4v) is 1.78. The number of hydrogen-bond donors (Lipinski definition) is 1. The molecule has 0 aliphatic rings. The smallest absolute Gasteiger partial charge is 0.396 e. The zero-order valence-corrected chi connectivity index (χ0v) is 14.5. The molecule has 1 aromatic carbocycles. The molecule has 0 aliphatic heterocycles. The molecule has 0 aromatic heterocycles. The molecule has 0 saturated carbocycles. The van der Waals surface area contributed by atoms with Gasteiger partial charge in [0, 0.05) is 12.5 Å². The van der Waals surface area contributed by atoms with Crippen molar-refractivity contribution in [3.8, 4) is 5.75 Å². The van der Waals surface area contributed by atoms with Crippen LogP contribution in [-0.2, 0) is 19.1 Å². The van der Waals surface area contributed by atoms with Crippen LogP contribution in [0.1, 0.15) is 33.6 Å². The molecule has 0 fully saturated rings. The minimum absolute atomic E-state index is 0.0416. The fraction of sp³-hybridized carbons (Fsp3) is 0.438. The van der Waals surface area contributed by atoms with E-state index in [1.807, 2.05) is 20.8 Å². The molecule has 0 radical (unpaired) electrons. The van der Waals surface area contributed by atoms with Crippen LogP contribution in [0.25, 0.3) is 0 Å². The van der Waals surface area contributed by atoms with Gasteiger partial charge in [-0.15, -0.1) is 0 Å². The molecule has 136 valence electrons. The van der Waals surface area contributed by atoms with Gasteiger partial charge >= 0.3 is 23.5 Å². The fourth-order valence-electron chi connectivity index (χ4n) is 1.78. The Labute approximate surface area is 144 Å².